The smallest absolute Gasteiger partial charge is 0.256 e. The molecule has 0 bridgehead atoms. The number of anilines is 2. The molecular weight excluding hydrogens is 380 g/mol. The van der Waals surface area contributed by atoms with Crippen molar-refractivity contribution in [2.75, 3.05) is 17.2 Å². The highest BCUT2D eigenvalue weighted by molar-refractivity contribution is 6.05. The molecule has 2 N–H and O–H groups in total. The van der Waals surface area contributed by atoms with Gasteiger partial charge in [0.2, 0.25) is 0 Å². The van der Waals surface area contributed by atoms with Crippen molar-refractivity contribution in [3.05, 3.63) is 77.5 Å². The summed E-state index contributed by atoms with van der Waals surface area (Å²) in [6.45, 7) is 3.21. The molecule has 2 amide bonds. The van der Waals surface area contributed by atoms with Gasteiger partial charge in [0.25, 0.3) is 11.8 Å². The summed E-state index contributed by atoms with van der Waals surface area (Å²) in [6.07, 6.45) is 2.84. The molecule has 0 radical (unpaired) electrons. The van der Waals surface area contributed by atoms with E-state index in [-0.39, 0.29) is 11.8 Å². The van der Waals surface area contributed by atoms with E-state index in [4.69, 9.17) is 4.74 Å². The second-order valence-corrected chi connectivity index (χ2v) is 7.39. The van der Waals surface area contributed by atoms with Crippen LogP contribution in [0, 0.1) is 6.92 Å². The van der Waals surface area contributed by atoms with Gasteiger partial charge in [0.05, 0.1) is 12.7 Å². The molecule has 1 aliphatic rings. The Kier molecular flexibility index (Phi) is 5.90. The number of nitrogens with one attached hydrogen (secondary N) is 2. The van der Waals surface area contributed by atoms with Crippen molar-refractivity contribution in [1.29, 1.82) is 0 Å². The third-order valence-corrected chi connectivity index (χ3v) is 4.99. The summed E-state index contributed by atoms with van der Waals surface area (Å²) in [4.78, 5) is 25.0. The van der Waals surface area contributed by atoms with Gasteiger partial charge in [-0.15, -0.1) is 0 Å². The van der Waals surface area contributed by atoms with Crippen molar-refractivity contribution in [1.82, 2.24) is 9.78 Å². The zero-order valence-electron chi connectivity index (χ0n) is 16.8. The molecule has 1 saturated heterocycles. The van der Waals surface area contributed by atoms with E-state index in [0.717, 1.165) is 18.4 Å². The van der Waals surface area contributed by atoms with Gasteiger partial charge in [-0.05, 0) is 43.5 Å². The Hall–Kier alpha value is -3.45. The number of rotatable bonds is 6. The van der Waals surface area contributed by atoms with Crippen LogP contribution in [-0.4, -0.2) is 34.3 Å². The van der Waals surface area contributed by atoms with E-state index < -0.39 is 6.10 Å². The number of carbonyl (C=O) groups excluding carboxylic acids is 2. The molecule has 3 aromatic rings. The number of hydrogen-bond donors (Lipinski definition) is 2. The Morgan fingerprint density at radius 1 is 1.13 bits per heavy atom. The Bertz CT molecular complexity index is 1050. The van der Waals surface area contributed by atoms with Gasteiger partial charge < -0.3 is 15.4 Å². The standard InChI is InChI=1S/C23H24N4O3/c1-16-5-2-6-17(13-16)15-27-21(10-11-24-27)26-22(28)18-7-3-8-19(14-18)25-23(29)20-9-4-12-30-20/h2-3,5-8,10-11,13-14,20H,4,9,12,15H2,1H3,(H,25,29)(H,26,28)/t20-/m0/s1. The van der Waals surface area contributed by atoms with Gasteiger partial charge in [0, 0.05) is 23.9 Å². The van der Waals surface area contributed by atoms with Gasteiger partial charge in [-0.2, -0.15) is 5.10 Å². The number of aryl methyl sites for hydroxylation is 1. The second-order valence-electron chi connectivity index (χ2n) is 7.39. The van der Waals surface area contributed by atoms with Crippen molar-refractivity contribution in [3.63, 3.8) is 0 Å². The van der Waals surface area contributed by atoms with Crippen LogP contribution in [0.5, 0.6) is 0 Å². The van der Waals surface area contributed by atoms with Gasteiger partial charge in [-0.25, -0.2) is 4.68 Å². The summed E-state index contributed by atoms with van der Waals surface area (Å²) in [6, 6.07) is 16.8. The van der Waals surface area contributed by atoms with Crippen molar-refractivity contribution in [2.24, 2.45) is 0 Å². The zero-order chi connectivity index (χ0) is 20.9. The highest BCUT2D eigenvalue weighted by Crippen LogP contribution is 2.18. The largest absolute Gasteiger partial charge is 0.368 e. The highest BCUT2D eigenvalue weighted by Gasteiger charge is 2.23. The molecule has 1 aromatic heterocycles. The summed E-state index contributed by atoms with van der Waals surface area (Å²) in [7, 11) is 0. The number of amides is 2. The predicted molar refractivity (Wildman–Crippen MR) is 115 cm³/mol. The van der Waals surface area contributed by atoms with Crippen molar-refractivity contribution in [3.8, 4) is 0 Å². The predicted octanol–water partition coefficient (Wildman–Crippen LogP) is 3.61. The van der Waals surface area contributed by atoms with E-state index in [1.807, 2.05) is 25.1 Å². The number of hydrogen-bond acceptors (Lipinski definition) is 4. The van der Waals surface area contributed by atoms with Gasteiger partial charge in [0.1, 0.15) is 11.9 Å². The molecule has 0 saturated carbocycles. The minimum Gasteiger partial charge on any atom is -0.368 e. The highest BCUT2D eigenvalue weighted by atomic mass is 16.5. The molecule has 2 heterocycles. The van der Waals surface area contributed by atoms with Crippen LogP contribution in [-0.2, 0) is 16.1 Å². The maximum atomic E-state index is 12.8. The first-order valence-electron chi connectivity index (χ1n) is 10.00. The van der Waals surface area contributed by atoms with E-state index in [0.29, 0.717) is 30.2 Å². The molecule has 30 heavy (non-hydrogen) atoms. The molecular formula is C23H24N4O3. The average Bonchev–Trinajstić information content (AvgIpc) is 3.41. The summed E-state index contributed by atoms with van der Waals surface area (Å²) in [5.41, 5.74) is 3.29. The quantitative estimate of drug-likeness (QED) is 0.657. The third kappa shape index (κ3) is 4.75. The summed E-state index contributed by atoms with van der Waals surface area (Å²) in [5, 5.41) is 10.0. The van der Waals surface area contributed by atoms with Gasteiger partial charge >= 0.3 is 0 Å². The van der Waals surface area contributed by atoms with Crippen molar-refractivity contribution < 1.29 is 14.3 Å². The monoisotopic (exact) mass is 404 g/mol. The van der Waals surface area contributed by atoms with Crippen LogP contribution in [0.25, 0.3) is 0 Å². The molecule has 1 aliphatic heterocycles. The normalized spacial score (nSPS) is 15.7. The van der Waals surface area contributed by atoms with Crippen LogP contribution >= 0.6 is 0 Å². The van der Waals surface area contributed by atoms with E-state index in [9.17, 15) is 9.59 Å². The summed E-state index contributed by atoms with van der Waals surface area (Å²) in [5.74, 6) is 0.158. The first-order valence-corrected chi connectivity index (χ1v) is 10.00. The van der Waals surface area contributed by atoms with Crippen molar-refractivity contribution in [2.45, 2.75) is 32.4 Å². The fourth-order valence-electron chi connectivity index (χ4n) is 3.48. The fraction of sp³-hybridized carbons (Fsp3) is 0.261. The average molecular weight is 404 g/mol. The maximum Gasteiger partial charge on any atom is 0.256 e. The molecule has 4 rings (SSSR count). The maximum absolute atomic E-state index is 12.8. The molecule has 154 valence electrons. The van der Waals surface area contributed by atoms with E-state index >= 15 is 0 Å². The molecule has 0 aliphatic carbocycles. The van der Waals surface area contributed by atoms with Gasteiger partial charge in [-0.1, -0.05) is 35.9 Å². The Morgan fingerprint density at radius 2 is 2.00 bits per heavy atom. The van der Waals surface area contributed by atoms with Crippen LogP contribution in [0.2, 0.25) is 0 Å². The number of benzene rings is 2. The number of nitrogens with zero attached hydrogens (tertiary/aromatic N) is 2. The molecule has 7 nitrogen and oxygen atoms in total. The van der Waals surface area contributed by atoms with Gasteiger partial charge in [0.15, 0.2) is 0 Å². The second kappa shape index (κ2) is 8.92. The van der Waals surface area contributed by atoms with E-state index in [1.165, 1.54) is 5.56 Å². The fourth-order valence-corrected chi connectivity index (χ4v) is 3.48. The van der Waals surface area contributed by atoms with Crippen LogP contribution in [0.4, 0.5) is 11.5 Å². The zero-order valence-corrected chi connectivity index (χ0v) is 16.8. The molecule has 0 spiro atoms. The lowest BCUT2D eigenvalue weighted by atomic mass is 10.1. The Labute approximate surface area is 175 Å². The first-order chi connectivity index (χ1) is 14.6. The summed E-state index contributed by atoms with van der Waals surface area (Å²) >= 11 is 0. The lowest BCUT2D eigenvalue weighted by Crippen LogP contribution is -2.27. The lowest BCUT2D eigenvalue weighted by molar-refractivity contribution is -0.124. The SMILES string of the molecule is Cc1cccc(Cn2nccc2NC(=O)c2cccc(NC(=O)[C@@H]3CCCO3)c2)c1. The molecule has 2 aromatic carbocycles. The number of aromatic nitrogens is 2. The molecule has 0 unspecified atom stereocenters. The van der Waals surface area contributed by atoms with Gasteiger partial charge in [-0.3, -0.25) is 9.59 Å². The topological polar surface area (TPSA) is 85.3 Å². The van der Waals surface area contributed by atoms with Crippen molar-refractivity contribution >= 4 is 23.3 Å². The molecule has 1 atom stereocenters. The Balaban J connectivity index is 1.43. The van der Waals surface area contributed by atoms with E-state index in [2.05, 4.69) is 21.8 Å². The van der Waals surface area contributed by atoms with E-state index in [1.54, 1.807) is 41.2 Å². The number of ether oxygens (including phenoxy) is 1. The summed E-state index contributed by atoms with van der Waals surface area (Å²) < 4.78 is 7.15. The molecule has 7 heteroatoms. The number of carbonyl (C=O) groups is 2. The first kappa shape index (κ1) is 19.8. The van der Waals surface area contributed by atoms with Crippen LogP contribution in [0.3, 0.4) is 0 Å². The minimum atomic E-state index is -0.418. The van der Waals surface area contributed by atoms with Crippen LogP contribution in [0.1, 0.15) is 34.3 Å². The Morgan fingerprint density at radius 3 is 2.80 bits per heavy atom. The van der Waals surface area contributed by atoms with Crippen LogP contribution < -0.4 is 10.6 Å². The molecule has 1 fully saturated rings. The lowest BCUT2D eigenvalue weighted by Gasteiger charge is -2.12. The van der Waals surface area contributed by atoms with Crippen LogP contribution in [0.15, 0.2) is 60.8 Å². The third-order valence-electron chi connectivity index (χ3n) is 4.99. The minimum absolute atomic E-state index is 0.179.